The molecule has 5 nitrogen and oxygen atoms in total. The summed E-state index contributed by atoms with van der Waals surface area (Å²) >= 11 is 0. The zero-order valence-corrected chi connectivity index (χ0v) is 12.7. The maximum absolute atomic E-state index is 12.6. The van der Waals surface area contributed by atoms with E-state index in [0.717, 1.165) is 30.4 Å². The number of carbonyl (C=O) groups is 1. The number of likely N-dealkylation sites (tertiary alicyclic amines) is 1. The molecule has 0 bridgehead atoms. The molecular weight excluding hydrogens is 304 g/mol. The Bertz CT molecular complexity index is 702. The van der Waals surface area contributed by atoms with Gasteiger partial charge >= 0.3 is 6.55 Å². The highest BCUT2D eigenvalue weighted by Gasteiger charge is 2.33. The monoisotopic (exact) mass is 321 g/mol. The molecule has 23 heavy (non-hydrogen) atoms. The summed E-state index contributed by atoms with van der Waals surface area (Å²) < 4.78 is 31.1. The zero-order valence-electron chi connectivity index (χ0n) is 12.7. The third-order valence-electron chi connectivity index (χ3n) is 4.04. The van der Waals surface area contributed by atoms with Crippen molar-refractivity contribution in [3.8, 4) is 5.75 Å². The molecule has 2 heterocycles. The molecule has 1 fully saturated rings. The fraction of sp³-hybridized carbons (Fsp3) is 0.375. The maximum atomic E-state index is 12.6. The Hall–Kier alpha value is -2.44. The minimum atomic E-state index is -2.75. The van der Waals surface area contributed by atoms with Crippen LogP contribution in [0.5, 0.6) is 5.75 Å². The Morgan fingerprint density at radius 1 is 1.35 bits per heavy atom. The fourth-order valence-corrected chi connectivity index (χ4v) is 2.98. The van der Waals surface area contributed by atoms with E-state index >= 15 is 0 Å². The number of hydrogen-bond donors (Lipinski definition) is 0. The van der Waals surface area contributed by atoms with Crippen LogP contribution in [0.15, 0.2) is 36.5 Å². The van der Waals surface area contributed by atoms with E-state index < -0.39 is 6.55 Å². The summed E-state index contributed by atoms with van der Waals surface area (Å²) in [4.78, 5) is 14.3. The van der Waals surface area contributed by atoms with Gasteiger partial charge in [0.15, 0.2) is 5.69 Å². The quantitative estimate of drug-likeness (QED) is 0.868. The van der Waals surface area contributed by atoms with Gasteiger partial charge in [-0.3, -0.25) is 4.79 Å². The standard InChI is InChI=1S/C16H17F2N3O2/c1-23-14-7-3-2-5-11(14)13-6-4-9-20(13)15(22)12-8-10-21(19-12)16(17)18/h2-3,5,7-8,10,13,16H,4,6,9H2,1H3/t13-/m0/s1. The summed E-state index contributed by atoms with van der Waals surface area (Å²) in [6.07, 6.45) is 2.78. The molecule has 1 atom stereocenters. The Morgan fingerprint density at radius 2 is 2.13 bits per heavy atom. The Morgan fingerprint density at radius 3 is 2.83 bits per heavy atom. The molecule has 0 spiro atoms. The van der Waals surface area contributed by atoms with Gasteiger partial charge in [0.25, 0.3) is 5.91 Å². The highest BCUT2D eigenvalue weighted by atomic mass is 19.3. The number of aromatic nitrogens is 2. The number of alkyl halides is 2. The SMILES string of the molecule is COc1ccccc1[C@@H]1CCCN1C(=O)c1ccn(C(F)F)n1. The molecule has 0 N–H and O–H groups in total. The first-order valence-corrected chi connectivity index (χ1v) is 7.39. The molecule has 3 rings (SSSR count). The fourth-order valence-electron chi connectivity index (χ4n) is 2.98. The van der Waals surface area contributed by atoms with Crippen LogP contribution in [0.2, 0.25) is 0 Å². The molecule has 2 aromatic rings. The molecule has 7 heteroatoms. The van der Waals surface area contributed by atoms with Crippen molar-refractivity contribution in [3.63, 3.8) is 0 Å². The second kappa shape index (κ2) is 6.36. The summed E-state index contributed by atoms with van der Waals surface area (Å²) in [5.74, 6) is 0.383. The summed E-state index contributed by atoms with van der Waals surface area (Å²) in [6.45, 7) is -2.18. The van der Waals surface area contributed by atoms with Crippen molar-refractivity contribution in [2.75, 3.05) is 13.7 Å². The number of nitrogens with zero attached hydrogens (tertiary/aromatic N) is 3. The van der Waals surface area contributed by atoms with Gasteiger partial charge in [-0.1, -0.05) is 18.2 Å². The maximum Gasteiger partial charge on any atom is 0.333 e. The first-order valence-electron chi connectivity index (χ1n) is 7.39. The van der Waals surface area contributed by atoms with E-state index in [-0.39, 0.29) is 17.6 Å². The van der Waals surface area contributed by atoms with Crippen molar-refractivity contribution in [1.29, 1.82) is 0 Å². The molecular formula is C16H17F2N3O2. The van der Waals surface area contributed by atoms with Gasteiger partial charge in [-0.05, 0) is 25.0 Å². The smallest absolute Gasteiger partial charge is 0.333 e. The topological polar surface area (TPSA) is 47.4 Å². The third kappa shape index (κ3) is 2.91. The lowest BCUT2D eigenvalue weighted by Crippen LogP contribution is -2.31. The molecule has 0 unspecified atom stereocenters. The normalized spacial score (nSPS) is 17.7. The zero-order chi connectivity index (χ0) is 16.4. The van der Waals surface area contributed by atoms with Gasteiger partial charge in [-0.2, -0.15) is 13.9 Å². The van der Waals surface area contributed by atoms with Gasteiger partial charge in [0, 0.05) is 18.3 Å². The van der Waals surface area contributed by atoms with Crippen LogP contribution in [0.1, 0.15) is 41.5 Å². The van der Waals surface area contributed by atoms with Crippen LogP contribution < -0.4 is 4.74 Å². The Labute approximate surface area is 132 Å². The van der Waals surface area contributed by atoms with Crippen molar-refractivity contribution in [3.05, 3.63) is 47.8 Å². The molecule has 1 saturated heterocycles. The number of halogens is 2. The van der Waals surface area contributed by atoms with E-state index in [1.807, 2.05) is 24.3 Å². The van der Waals surface area contributed by atoms with Crippen molar-refractivity contribution >= 4 is 5.91 Å². The number of benzene rings is 1. The molecule has 0 saturated carbocycles. The number of hydrogen-bond acceptors (Lipinski definition) is 3. The average Bonchev–Trinajstić information content (AvgIpc) is 3.23. The van der Waals surface area contributed by atoms with E-state index in [1.165, 1.54) is 6.07 Å². The predicted molar refractivity (Wildman–Crippen MR) is 79.5 cm³/mol. The highest BCUT2D eigenvalue weighted by Crippen LogP contribution is 2.37. The number of ether oxygens (including phenoxy) is 1. The Kier molecular flexibility index (Phi) is 4.27. The van der Waals surface area contributed by atoms with E-state index in [2.05, 4.69) is 5.10 Å². The third-order valence-corrected chi connectivity index (χ3v) is 4.04. The van der Waals surface area contributed by atoms with Crippen molar-refractivity contribution < 1.29 is 18.3 Å². The van der Waals surface area contributed by atoms with Crippen LogP contribution in [0, 0.1) is 0 Å². The van der Waals surface area contributed by atoms with Crippen molar-refractivity contribution in [2.24, 2.45) is 0 Å². The van der Waals surface area contributed by atoms with Gasteiger partial charge in [0.2, 0.25) is 0 Å². The largest absolute Gasteiger partial charge is 0.496 e. The van der Waals surface area contributed by atoms with E-state index in [0.29, 0.717) is 11.2 Å². The lowest BCUT2D eigenvalue weighted by molar-refractivity contribution is 0.0549. The minimum absolute atomic E-state index is 0.0343. The summed E-state index contributed by atoms with van der Waals surface area (Å²) in [6, 6.07) is 8.73. The number of rotatable bonds is 4. The number of carbonyl (C=O) groups excluding carboxylic acids is 1. The molecule has 1 aromatic heterocycles. The van der Waals surface area contributed by atoms with Crippen LogP contribution in [0.4, 0.5) is 8.78 Å². The lowest BCUT2D eigenvalue weighted by atomic mass is 10.0. The summed E-state index contributed by atoms with van der Waals surface area (Å²) in [5, 5.41) is 3.67. The highest BCUT2D eigenvalue weighted by molar-refractivity contribution is 5.92. The van der Waals surface area contributed by atoms with Crippen LogP contribution in [0.25, 0.3) is 0 Å². The molecule has 1 amide bonds. The second-order valence-electron chi connectivity index (χ2n) is 5.36. The summed E-state index contributed by atoms with van der Waals surface area (Å²) in [7, 11) is 1.59. The van der Waals surface area contributed by atoms with E-state index in [9.17, 15) is 13.6 Å². The first kappa shape index (κ1) is 15.5. The van der Waals surface area contributed by atoms with Gasteiger partial charge < -0.3 is 9.64 Å². The molecule has 0 aliphatic carbocycles. The minimum Gasteiger partial charge on any atom is -0.496 e. The second-order valence-corrected chi connectivity index (χ2v) is 5.36. The van der Waals surface area contributed by atoms with Gasteiger partial charge in [-0.25, -0.2) is 4.68 Å². The predicted octanol–water partition coefficient (Wildman–Crippen LogP) is 3.26. The molecule has 1 aromatic carbocycles. The number of amides is 1. The Balaban J connectivity index is 1.87. The average molecular weight is 321 g/mol. The van der Waals surface area contributed by atoms with E-state index in [1.54, 1.807) is 12.0 Å². The van der Waals surface area contributed by atoms with Crippen LogP contribution in [0.3, 0.4) is 0 Å². The summed E-state index contributed by atoms with van der Waals surface area (Å²) in [5.41, 5.74) is 0.959. The molecule has 1 aliphatic heterocycles. The number of para-hydroxylation sites is 1. The lowest BCUT2D eigenvalue weighted by Gasteiger charge is -2.25. The first-order chi connectivity index (χ1) is 11.1. The van der Waals surface area contributed by atoms with Crippen molar-refractivity contribution in [1.82, 2.24) is 14.7 Å². The van der Waals surface area contributed by atoms with Crippen LogP contribution in [-0.2, 0) is 0 Å². The molecule has 1 aliphatic rings. The number of methoxy groups -OCH3 is 1. The van der Waals surface area contributed by atoms with Crippen molar-refractivity contribution in [2.45, 2.75) is 25.4 Å². The van der Waals surface area contributed by atoms with Gasteiger partial charge in [-0.15, -0.1) is 0 Å². The molecule has 0 radical (unpaired) electrons. The molecule has 122 valence electrons. The van der Waals surface area contributed by atoms with Crippen LogP contribution >= 0.6 is 0 Å². The van der Waals surface area contributed by atoms with Gasteiger partial charge in [0.05, 0.1) is 13.2 Å². The van der Waals surface area contributed by atoms with Gasteiger partial charge in [0.1, 0.15) is 5.75 Å². The van der Waals surface area contributed by atoms with E-state index in [4.69, 9.17) is 4.74 Å². The van der Waals surface area contributed by atoms with Crippen LogP contribution in [-0.4, -0.2) is 34.2 Å².